The Hall–Kier alpha value is -0.630. The fourth-order valence-corrected chi connectivity index (χ4v) is 2.29. The van der Waals surface area contributed by atoms with Crippen LogP contribution in [0, 0.1) is 0 Å². The summed E-state index contributed by atoms with van der Waals surface area (Å²) < 4.78 is 0. The van der Waals surface area contributed by atoms with Crippen molar-refractivity contribution in [3.05, 3.63) is 29.8 Å². The van der Waals surface area contributed by atoms with Crippen molar-refractivity contribution in [2.24, 2.45) is 0 Å². The molecule has 1 unspecified atom stereocenters. The minimum Gasteiger partial charge on any atom is -0.367 e. The average Bonchev–Trinajstić information content (AvgIpc) is 2.44. The Bertz CT molecular complexity index is 298. The molecule has 0 aromatic heterocycles. The smallest absolute Gasteiger partial charge is 0.0402 e. The molecule has 0 aliphatic carbocycles. The molecule has 0 spiro atoms. The van der Waals surface area contributed by atoms with Crippen LogP contribution >= 0.6 is 12.6 Å². The third-order valence-corrected chi connectivity index (χ3v) is 2.89. The van der Waals surface area contributed by atoms with Crippen molar-refractivity contribution in [3.8, 4) is 0 Å². The lowest BCUT2D eigenvalue weighted by Crippen LogP contribution is -2.30. The van der Waals surface area contributed by atoms with Gasteiger partial charge in [0.15, 0.2) is 0 Å². The summed E-state index contributed by atoms with van der Waals surface area (Å²) in [5.74, 6) is 0.929. The molecule has 1 aliphatic heterocycles. The van der Waals surface area contributed by atoms with E-state index in [2.05, 4.69) is 48.7 Å². The van der Waals surface area contributed by atoms with E-state index in [1.807, 2.05) is 0 Å². The third kappa shape index (κ3) is 1.55. The molecule has 1 heterocycles. The van der Waals surface area contributed by atoms with E-state index in [0.29, 0.717) is 6.04 Å². The lowest BCUT2D eigenvalue weighted by Gasteiger charge is -2.23. The number of hydrogen-bond acceptors (Lipinski definition) is 2. The highest BCUT2D eigenvalue weighted by atomic mass is 32.1. The van der Waals surface area contributed by atoms with Crippen LogP contribution < -0.4 is 4.90 Å². The van der Waals surface area contributed by atoms with Gasteiger partial charge < -0.3 is 4.90 Å². The van der Waals surface area contributed by atoms with Gasteiger partial charge in [0.05, 0.1) is 0 Å². The van der Waals surface area contributed by atoms with E-state index in [0.717, 1.165) is 12.3 Å². The van der Waals surface area contributed by atoms with Crippen molar-refractivity contribution in [3.63, 3.8) is 0 Å². The van der Waals surface area contributed by atoms with Crippen LogP contribution in [0.4, 0.5) is 5.69 Å². The minimum absolute atomic E-state index is 0.643. The summed E-state index contributed by atoms with van der Waals surface area (Å²) in [6, 6.07) is 9.31. The molecule has 1 aromatic rings. The van der Waals surface area contributed by atoms with E-state index in [9.17, 15) is 0 Å². The number of benzene rings is 1. The molecule has 0 bridgehead atoms. The number of anilines is 1. The van der Waals surface area contributed by atoms with E-state index in [4.69, 9.17) is 0 Å². The lowest BCUT2D eigenvalue weighted by molar-refractivity contribution is 0.694. The Labute approximate surface area is 85.2 Å². The van der Waals surface area contributed by atoms with Crippen LogP contribution in [0.5, 0.6) is 0 Å². The SMILES string of the molecule is CC1Cc2ccccc2N1CCS. The first-order valence-corrected chi connectivity index (χ1v) is 5.41. The zero-order valence-corrected chi connectivity index (χ0v) is 8.80. The molecule has 1 aliphatic rings. The highest BCUT2D eigenvalue weighted by Gasteiger charge is 2.24. The number of nitrogens with zero attached hydrogens (tertiary/aromatic N) is 1. The second kappa shape index (κ2) is 3.62. The van der Waals surface area contributed by atoms with Gasteiger partial charge in [-0.3, -0.25) is 0 Å². The maximum Gasteiger partial charge on any atom is 0.0402 e. The molecule has 0 N–H and O–H groups in total. The van der Waals surface area contributed by atoms with Crippen LogP contribution in [0.15, 0.2) is 24.3 Å². The molecule has 70 valence electrons. The van der Waals surface area contributed by atoms with Gasteiger partial charge in [0.1, 0.15) is 0 Å². The van der Waals surface area contributed by atoms with E-state index in [1.165, 1.54) is 17.7 Å². The quantitative estimate of drug-likeness (QED) is 0.706. The van der Waals surface area contributed by atoms with Crippen LogP contribution in [0.1, 0.15) is 12.5 Å². The van der Waals surface area contributed by atoms with Crippen LogP contribution in [0.25, 0.3) is 0 Å². The van der Waals surface area contributed by atoms with Gasteiger partial charge in [-0.15, -0.1) is 0 Å². The fraction of sp³-hybridized carbons (Fsp3) is 0.455. The molecule has 2 rings (SSSR count). The van der Waals surface area contributed by atoms with Crippen molar-refractivity contribution in [1.29, 1.82) is 0 Å². The Morgan fingerprint density at radius 3 is 3.00 bits per heavy atom. The van der Waals surface area contributed by atoms with Crippen LogP contribution in [0.2, 0.25) is 0 Å². The zero-order chi connectivity index (χ0) is 9.26. The molecular formula is C11H15NS. The highest BCUT2D eigenvalue weighted by Crippen LogP contribution is 2.31. The highest BCUT2D eigenvalue weighted by molar-refractivity contribution is 7.80. The summed E-state index contributed by atoms with van der Waals surface area (Å²) in [4.78, 5) is 2.45. The average molecular weight is 193 g/mol. The first kappa shape index (κ1) is 8.95. The minimum atomic E-state index is 0.643. The maximum absolute atomic E-state index is 4.29. The molecule has 0 amide bonds. The van der Waals surface area contributed by atoms with Crippen LogP contribution in [0.3, 0.4) is 0 Å². The summed E-state index contributed by atoms with van der Waals surface area (Å²) in [6.07, 6.45) is 1.18. The maximum atomic E-state index is 4.29. The van der Waals surface area contributed by atoms with E-state index < -0.39 is 0 Å². The molecule has 2 heteroatoms. The van der Waals surface area contributed by atoms with Crippen LogP contribution in [-0.4, -0.2) is 18.3 Å². The van der Waals surface area contributed by atoms with Crippen molar-refractivity contribution in [1.82, 2.24) is 0 Å². The third-order valence-electron chi connectivity index (χ3n) is 2.69. The predicted octanol–water partition coefficient (Wildman–Crippen LogP) is 2.37. The van der Waals surface area contributed by atoms with Crippen molar-refractivity contribution < 1.29 is 0 Å². The Morgan fingerprint density at radius 2 is 2.23 bits per heavy atom. The molecule has 0 saturated heterocycles. The van der Waals surface area contributed by atoms with E-state index >= 15 is 0 Å². The second-order valence-corrected chi connectivity index (χ2v) is 4.05. The zero-order valence-electron chi connectivity index (χ0n) is 7.90. The van der Waals surface area contributed by atoms with Gasteiger partial charge in [0.2, 0.25) is 0 Å². The van der Waals surface area contributed by atoms with Gasteiger partial charge in [-0.25, -0.2) is 0 Å². The van der Waals surface area contributed by atoms with Gasteiger partial charge in [0.25, 0.3) is 0 Å². The molecule has 1 aromatic carbocycles. The number of rotatable bonds is 2. The van der Waals surface area contributed by atoms with Crippen molar-refractivity contribution in [2.45, 2.75) is 19.4 Å². The lowest BCUT2D eigenvalue weighted by atomic mass is 10.1. The van der Waals surface area contributed by atoms with Gasteiger partial charge in [-0.05, 0) is 25.0 Å². The van der Waals surface area contributed by atoms with Crippen molar-refractivity contribution in [2.75, 3.05) is 17.2 Å². The molecule has 1 atom stereocenters. The first-order chi connectivity index (χ1) is 6.33. The number of thiol groups is 1. The van der Waals surface area contributed by atoms with E-state index in [-0.39, 0.29) is 0 Å². The number of para-hydroxylation sites is 1. The molecule has 0 saturated carbocycles. The molecule has 0 fully saturated rings. The summed E-state index contributed by atoms with van der Waals surface area (Å²) in [7, 11) is 0. The summed E-state index contributed by atoms with van der Waals surface area (Å²) in [5, 5.41) is 0. The van der Waals surface area contributed by atoms with Crippen molar-refractivity contribution >= 4 is 18.3 Å². The Morgan fingerprint density at radius 1 is 1.46 bits per heavy atom. The largest absolute Gasteiger partial charge is 0.367 e. The van der Waals surface area contributed by atoms with Gasteiger partial charge in [0, 0.05) is 24.0 Å². The molecule has 13 heavy (non-hydrogen) atoms. The van der Waals surface area contributed by atoms with Gasteiger partial charge >= 0.3 is 0 Å². The van der Waals surface area contributed by atoms with Crippen LogP contribution in [-0.2, 0) is 6.42 Å². The number of fused-ring (bicyclic) bond motifs is 1. The predicted molar refractivity (Wildman–Crippen MR) is 60.8 cm³/mol. The topological polar surface area (TPSA) is 3.24 Å². The Kier molecular flexibility index (Phi) is 2.49. The summed E-state index contributed by atoms with van der Waals surface area (Å²) in [5.41, 5.74) is 2.89. The molecule has 1 nitrogen and oxygen atoms in total. The summed E-state index contributed by atoms with van der Waals surface area (Å²) >= 11 is 4.29. The number of hydrogen-bond donors (Lipinski definition) is 1. The molecular weight excluding hydrogens is 178 g/mol. The Balaban J connectivity index is 2.29. The molecule has 0 radical (unpaired) electrons. The standard InChI is InChI=1S/C11H15NS/c1-9-8-10-4-2-3-5-11(10)12(9)6-7-13/h2-5,9,13H,6-8H2,1H3. The fourth-order valence-electron chi connectivity index (χ4n) is 2.08. The van der Waals surface area contributed by atoms with Gasteiger partial charge in [-0.1, -0.05) is 18.2 Å². The normalized spacial score (nSPS) is 20.5. The van der Waals surface area contributed by atoms with E-state index in [1.54, 1.807) is 0 Å². The summed E-state index contributed by atoms with van der Waals surface area (Å²) in [6.45, 7) is 3.34. The second-order valence-electron chi connectivity index (χ2n) is 3.60. The first-order valence-electron chi connectivity index (χ1n) is 4.78. The van der Waals surface area contributed by atoms with Gasteiger partial charge in [-0.2, -0.15) is 12.6 Å². The monoisotopic (exact) mass is 193 g/mol.